The Morgan fingerprint density at radius 3 is 2.14 bits per heavy atom. The van der Waals surface area contributed by atoms with E-state index in [1.54, 1.807) is 12.1 Å². The molecule has 0 saturated carbocycles. The summed E-state index contributed by atoms with van der Waals surface area (Å²) in [6.07, 6.45) is -4.78. The van der Waals surface area contributed by atoms with Gasteiger partial charge >= 0.3 is 6.18 Å². The minimum absolute atomic E-state index is 0.0129. The summed E-state index contributed by atoms with van der Waals surface area (Å²) in [6.45, 7) is 1.34. The number of halogens is 5. The molecule has 0 fully saturated rings. The average molecular weight is 319 g/mol. The summed E-state index contributed by atoms with van der Waals surface area (Å²) in [5.74, 6) is -1.44. The fraction of sp³-hybridized carbons (Fsp3) is 0.200. The maximum absolute atomic E-state index is 13.6. The molecule has 0 saturated heterocycles. The van der Waals surface area contributed by atoms with Gasteiger partial charge in [-0.1, -0.05) is 35.9 Å². The van der Waals surface area contributed by atoms with Crippen LogP contribution in [0.4, 0.5) is 17.6 Å². The SMILES string of the molecule is CC(O)(c1ccc(C(F)(F)F)c(F)c1)c1ccccc1Cl. The normalized spacial score (nSPS) is 14.8. The van der Waals surface area contributed by atoms with Crippen molar-refractivity contribution < 1.29 is 22.7 Å². The third kappa shape index (κ3) is 3.04. The summed E-state index contributed by atoms with van der Waals surface area (Å²) in [7, 11) is 0. The van der Waals surface area contributed by atoms with Gasteiger partial charge in [0.05, 0.1) is 5.56 Å². The number of aliphatic hydroxyl groups is 1. The lowest BCUT2D eigenvalue weighted by Crippen LogP contribution is -2.24. The smallest absolute Gasteiger partial charge is 0.381 e. The van der Waals surface area contributed by atoms with Gasteiger partial charge < -0.3 is 5.11 Å². The van der Waals surface area contributed by atoms with Gasteiger partial charge in [0.15, 0.2) is 0 Å². The van der Waals surface area contributed by atoms with Crippen LogP contribution < -0.4 is 0 Å². The fourth-order valence-corrected chi connectivity index (χ4v) is 2.38. The first kappa shape index (κ1) is 15.8. The highest BCUT2D eigenvalue weighted by Gasteiger charge is 2.36. The van der Waals surface area contributed by atoms with E-state index in [1.165, 1.54) is 19.1 Å². The number of hydrogen-bond donors (Lipinski definition) is 1. The van der Waals surface area contributed by atoms with Crippen LogP contribution in [-0.2, 0) is 11.8 Å². The lowest BCUT2D eigenvalue weighted by atomic mass is 9.87. The molecule has 1 unspecified atom stereocenters. The molecule has 0 heterocycles. The molecule has 1 atom stereocenters. The molecule has 0 amide bonds. The van der Waals surface area contributed by atoms with Crippen molar-refractivity contribution in [1.82, 2.24) is 0 Å². The molecule has 0 aliphatic heterocycles. The summed E-state index contributed by atoms with van der Waals surface area (Å²) in [4.78, 5) is 0. The molecule has 2 aromatic carbocycles. The third-order valence-electron chi connectivity index (χ3n) is 3.23. The first-order valence-corrected chi connectivity index (χ1v) is 6.36. The zero-order chi connectivity index (χ0) is 15.8. The van der Waals surface area contributed by atoms with Crippen molar-refractivity contribution in [2.75, 3.05) is 0 Å². The van der Waals surface area contributed by atoms with E-state index in [0.29, 0.717) is 12.1 Å². The van der Waals surface area contributed by atoms with Crippen LogP contribution >= 0.6 is 11.6 Å². The van der Waals surface area contributed by atoms with Crippen LogP contribution in [0.2, 0.25) is 5.02 Å². The van der Waals surface area contributed by atoms with E-state index >= 15 is 0 Å². The van der Waals surface area contributed by atoms with Crippen molar-refractivity contribution in [2.45, 2.75) is 18.7 Å². The van der Waals surface area contributed by atoms with E-state index in [9.17, 15) is 22.7 Å². The summed E-state index contributed by atoms with van der Waals surface area (Å²) < 4.78 is 51.2. The van der Waals surface area contributed by atoms with Crippen molar-refractivity contribution in [3.05, 3.63) is 70.0 Å². The highest BCUT2D eigenvalue weighted by atomic mass is 35.5. The standard InChI is InChI=1S/C15H11ClF4O/c1-14(21,10-4-2-3-5-12(10)16)9-6-7-11(13(17)8-9)15(18,19)20/h2-8,21H,1H3. The summed E-state index contributed by atoms with van der Waals surface area (Å²) >= 11 is 5.97. The zero-order valence-electron chi connectivity index (χ0n) is 10.9. The van der Waals surface area contributed by atoms with E-state index in [4.69, 9.17) is 11.6 Å². The van der Waals surface area contributed by atoms with Gasteiger partial charge in [0, 0.05) is 10.6 Å². The topological polar surface area (TPSA) is 20.2 Å². The van der Waals surface area contributed by atoms with Crippen molar-refractivity contribution in [3.63, 3.8) is 0 Å². The monoisotopic (exact) mass is 318 g/mol. The molecule has 1 nitrogen and oxygen atoms in total. The van der Waals surface area contributed by atoms with E-state index in [2.05, 4.69) is 0 Å². The van der Waals surface area contributed by atoms with E-state index in [-0.39, 0.29) is 16.1 Å². The second-order valence-corrected chi connectivity index (χ2v) is 5.15. The lowest BCUT2D eigenvalue weighted by molar-refractivity contribution is -0.140. The predicted molar refractivity (Wildman–Crippen MR) is 71.5 cm³/mol. The summed E-state index contributed by atoms with van der Waals surface area (Å²) in [6, 6.07) is 8.65. The molecule has 21 heavy (non-hydrogen) atoms. The minimum atomic E-state index is -4.78. The van der Waals surface area contributed by atoms with Gasteiger partial charge in [-0.2, -0.15) is 13.2 Å². The Bertz CT molecular complexity index is 665. The Hall–Kier alpha value is -1.59. The Morgan fingerprint density at radius 1 is 1.00 bits per heavy atom. The maximum Gasteiger partial charge on any atom is 0.419 e. The van der Waals surface area contributed by atoms with Gasteiger partial charge in [-0.25, -0.2) is 4.39 Å². The Balaban J connectivity index is 2.52. The molecule has 112 valence electrons. The quantitative estimate of drug-likeness (QED) is 0.792. The van der Waals surface area contributed by atoms with Gasteiger partial charge in [-0.15, -0.1) is 0 Å². The van der Waals surface area contributed by atoms with E-state index < -0.39 is 23.2 Å². The van der Waals surface area contributed by atoms with Crippen LogP contribution in [0.15, 0.2) is 42.5 Å². The van der Waals surface area contributed by atoms with Crippen LogP contribution in [0.3, 0.4) is 0 Å². The largest absolute Gasteiger partial charge is 0.419 e. The highest BCUT2D eigenvalue weighted by Crippen LogP contribution is 2.37. The van der Waals surface area contributed by atoms with Crippen LogP contribution in [0.5, 0.6) is 0 Å². The first-order valence-electron chi connectivity index (χ1n) is 5.98. The highest BCUT2D eigenvalue weighted by molar-refractivity contribution is 6.31. The maximum atomic E-state index is 13.6. The first-order chi connectivity index (χ1) is 9.64. The van der Waals surface area contributed by atoms with Gasteiger partial charge in [-0.05, 0) is 30.7 Å². The van der Waals surface area contributed by atoms with Crippen molar-refractivity contribution >= 4 is 11.6 Å². The minimum Gasteiger partial charge on any atom is -0.381 e. The molecule has 0 spiro atoms. The predicted octanol–water partition coefficient (Wildman–Crippen LogP) is 4.75. The van der Waals surface area contributed by atoms with Crippen LogP contribution in [0.1, 0.15) is 23.6 Å². The molecule has 0 aromatic heterocycles. The molecule has 2 aromatic rings. The Labute approximate surface area is 123 Å². The molecule has 1 N–H and O–H groups in total. The molecule has 0 aliphatic rings. The van der Waals surface area contributed by atoms with E-state index in [0.717, 1.165) is 6.07 Å². The summed E-state index contributed by atoms with van der Waals surface area (Å²) in [5.41, 5.74) is -2.81. The van der Waals surface area contributed by atoms with E-state index in [1.807, 2.05) is 0 Å². The van der Waals surface area contributed by atoms with Crippen molar-refractivity contribution in [3.8, 4) is 0 Å². The van der Waals surface area contributed by atoms with Gasteiger partial charge in [-0.3, -0.25) is 0 Å². The van der Waals surface area contributed by atoms with Crippen LogP contribution in [-0.4, -0.2) is 5.11 Å². The Morgan fingerprint density at radius 2 is 1.62 bits per heavy atom. The number of hydrogen-bond acceptors (Lipinski definition) is 1. The van der Waals surface area contributed by atoms with Crippen LogP contribution in [0, 0.1) is 5.82 Å². The molecule has 0 aliphatic carbocycles. The van der Waals surface area contributed by atoms with Gasteiger partial charge in [0.1, 0.15) is 11.4 Å². The fourth-order valence-electron chi connectivity index (χ4n) is 2.06. The second-order valence-electron chi connectivity index (χ2n) is 4.74. The van der Waals surface area contributed by atoms with Crippen molar-refractivity contribution in [2.24, 2.45) is 0 Å². The van der Waals surface area contributed by atoms with Gasteiger partial charge in [0.2, 0.25) is 0 Å². The molecular weight excluding hydrogens is 308 g/mol. The molecule has 2 rings (SSSR count). The number of benzene rings is 2. The van der Waals surface area contributed by atoms with Crippen LogP contribution in [0.25, 0.3) is 0 Å². The third-order valence-corrected chi connectivity index (χ3v) is 3.56. The second kappa shape index (κ2) is 5.31. The molecule has 6 heteroatoms. The number of rotatable bonds is 2. The molecular formula is C15H11ClF4O. The molecule has 0 bridgehead atoms. The zero-order valence-corrected chi connectivity index (χ0v) is 11.6. The lowest BCUT2D eigenvalue weighted by Gasteiger charge is -2.26. The number of alkyl halides is 3. The Kier molecular flexibility index (Phi) is 4.00. The summed E-state index contributed by atoms with van der Waals surface area (Å²) in [5, 5.41) is 10.8. The average Bonchev–Trinajstić information content (AvgIpc) is 2.37. The van der Waals surface area contributed by atoms with Crippen molar-refractivity contribution in [1.29, 1.82) is 0 Å². The van der Waals surface area contributed by atoms with Gasteiger partial charge in [0.25, 0.3) is 0 Å². The molecule has 0 radical (unpaired) electrons.